The lowest BCUT2D eigenvalue weighted by Crippen LogP contribution is -2.49. The summed E-state index contributed by atoms with van der Waals surface area (Å²) in [7, 11) is 0. The molecule has 1 amide bonds. The second kappa shape index (κ2) is 11.0. The predicted molar refractivity (Wildman–Crippen MR) is 141 cm³/mol. The van der Waals surface area contributed by atoms with Gasteiger partial charge in [0, 0.05) is 38.0 Å². The molecular weight excluding hydrogens is 474 g/mol. The molecule has 1 saturated carbocycles. The van der Waals surface area contributed by atoms with E-state index in [0.717, 1.165) is 36.7 Å². The lowest BCUT2D eigenvalue weighted by Gasteiger charge is -2.33. The van der Waals surface area contributed by atoms with Crippen LogP contribution in [0.2, 0.25) is 0 Å². The van der Waals surface area contributed by atoms with Crippen LogP contribution in [0, 0.1) is 17.0 Å². The Morgan fingerprint density at radius 3 is 2.43 bits per heavy atom. The Bertz CT molecular complexity index is 1200. The standard InChI is InChI=1S/C29H36F2N4O2/c1-19(36)33-25(13-21-11-22(30)15-23(31)12-21)28(37)17-35(24-6-7-24)27-14-20(16-29(2,3)4)5-8-26(27)34-10-9-32-18-34/h5,8-12,14-15,18,24-25,28,37H,6-7,13,16-17H2,1-4H3,(H,33,36). The third-order valence-electron chi connectivity index (χ3n) is 6.47. The Kier molecular flexibility index (Phi) is 7.97. The van der Waals surface area contributed by atoms with E-state index in [9.17, 15) is 18.7 Å². The number of hydrogen-bond acceptors (Lipinski definition) is 4. The number of aliphatic hydroxyl groups is 1. The van der Waals surface area contributed by atoms with Gasteiger partial charge >= 0.3 is 0 Å². The van der Waals surface area contributed by atoms with E-state index in [1.165, 1.54) is 24.6 Å². The largest absolute Gasteiger partial charge is 0.389 e. The molecule has 3 aromatic rings. The first-order valence-electron chi connectivity index (χ1n) is 12.8. The van der Waals surface area contributed by atoms with Gasteiger partial charge in [-0.05, 0) is 66.5 Å². The summed E-state index contributed by atoms with van der Waals surface area (Å²) in [4.78, 5) is 18.4. The lowest BCUT2D eigenvalue weighted by atomic mass is 9.88. The van der Waals surface area contributed by atoms with Gasteiger partial charge in [0.2, 0.25) is 5.91 Å². The quantitative estimate of drug-likeness (QED) is 0.411. The van der Waals surface area contributed by atoms with Crippen LogP contribution in [0.3, 0.4) is 0 Å². The molecule has 1 aromatic heterocycles. The van der Waals surface area contributed by atoms with Crippen molar-refractivity contribution in [2.75, 3.05) is 11.4 Å². The van der Waals surface area contributed by atoms with Crippen LogP contribution in [-0.2, 0) is 17.6 Å². The molecule has 198 valence electrons. The van der Waals surface area contributed by atoms with Crippen LogP contribution in [-0.4, -0.2) is 45.3 Å². The Morgan fingerprint density at radius 2 is 1.86 bits per heavy atom. The van der Waals surface area contributed by atoms with Gasteiger partial charge in [-0.3, -0.25) is 4.79 Å². The van der Waals surface area contributed by atoms with Crippen LogP contribution >= 0.6 is 0 Å². The Balaban J connectivity index is 1.66. The number of rotatable bonds is 10. The van der Waals surface area contributed by atoms with Gasteiger partial charge in [0.1, 0.15) is 11.6 Å². The normalized spacial score (nSPS) is 15.3. The van der Waals surface area contributed by atoms with Gasteiger partial charge in [0.05, 0.1) is 29.8 Å². The van der Waals surface area contributed by atoms with Gasteiger partial charge in [-0.2, -0.15) is 0 Å². The zero-order chi connectivity index (χ0) is 26.7. The van der Waals surface area contributed by atoms with Crippen molar-refractivity contribution < 1.29 is 18.7 Å². The number of carbonyl (C=O) groups excluding carboxylic acids is 1. The third-order valence-corrected chi connectivity index (χ3v) is 6.47. The highest BCUT2D eigenvalue weighted by Gasteiger charge is 2.34. The molecule has 37 heavy (non-hydrogen) atoms. The van der Waals surface area contributed by atoms with E-state index >= 15 is 0 Å². The minimum Gasteiger partial charge on any atom is -0.389 e. The number of imidazole rings is 1. The number of nitrogens with zero attached hydrogens (tertiary/aromatic N) is 3. The Hall–Kier alpha value is -3.26. The Morgan fingerprint density at radius 1 is 1.16 bits per heavy atom. The molecule has 1 heterocycles. The number of aliphatic hydroxyl groups excluding tert-OH is 1. The van der Waals surface area contributed by atoms with Crippen molar-refractivity contribution in [1.29, 1.82) is 0 Å². The fourth-order valence-corrected chi connectivity index (χ4v) is 4.83. The fraction of sp³-hybridized carbons (Fsp3) is 0.448. The number of anilines is 1. The monoisotopic (exact) mass is 510 g/mol. The molecule has 1 aliphatic carbocycles. The summed E-state index contributed by atoms with van der Waals surface area (Å²) in [5, 5.41) is 14.2. The van der Waals surface area contributed by atoms with E-state index in [1.807, 2.05) is 10.8 Å². The van der Waals surface area contributed by atoms with Crippen molar-refractivity contribution in [2.24, 2.45) is 5.41 Å². The van der Waals surface area contributed by atoms with E-state index in [2.05, 4.69) is 54.2 Å². The molecule has 1 fully saturated rings. The van der Waals surface area contributed by atoms with E-state index in [0.29, 0.717) is 5.56 Å². The van der Waals surface area contributed by atoms with Crippen molar-refractivity contribution in [3.63, 3.8) is 0 Å². The van der Waals surface area contributed by atoms with Crippen LogP contribution in [0.1, 0.15) is 51.7 Å². The molecule has 0 radical (unpaired) electrons. The van der Waals surface area contributed by atoms with Crippen LogP contribution in [0.5, 0.6) is 0 Å². The summed E-state index contributed by atoms with van der Waals surface area (Å²) in [5.74, 6) is -1.69. The van der Waals surface area contributed by atoms with Crippen LogP contribution in [0.4, 0.5) is 14.5 Å². The van der Waals surface area contributed by atoms with Gasteiger partial charge < -0.3 is 19.9 Å². The van der Waals surface area contributed by atoms with Crippen LogP contribution < -0.4 is 10.2 Å². The summed E-state index contributed by atoms with van der Waals surface area (Å²) >= 11 is 0. The highest BCUT2D eigenvalue weighted by Crippen LogP contribution is 2.37. The maximum atomic E-state index is 13.8. The molecule has 0 saturated heterocycles. The van der Waals surface area contributed by atoms with E-state index in [1.54, 1.807) is 12.5 Å². The maximum Gasteiger partial charge on any atom is 0.217 e. The molecule has 2 atom stereocenters. The van der Waals surface area contributed by atoms with E-state index in [4.69, 9.17) is 0 Å². The summed E-state index contributed by atoms with van der Waals surface area (Å²) in [6.45, 7) is 8.23. The highest BCUT2D eigenvalue weighted by atomic mass is 19.1. The number of hydrogen-bond donors (Lipinski definition) is 2. The average Bonchev–Trinajstić information content (AvgIpc) is 3.48. The zero-order valence-electron chi connectivity index (χ0n) is 21.9. The smallest absolute Gasteiger partial charge is 0.217 e. The SMILES string of the molecule is CC(=O)NC(Cc1cc(F)cc(F)c1)C(O)CN(c1cc(CC(C)(C)C)ccc1-n1ccnc1)C1CC1. The van der Waals surface area contributed by atoms with E-state index in [-0.39, 0.29) is 30.3 Å². The predicted octanol–water partition coefficient (Wildman–Crippen LogP) is 4.82. The van der Waals surface area contributed by atoms with E-state index < -0.39 is 23.8 Å². The molecule has 0 aliphatic heterocycles. The number of amides is 1. The van der Waals surface area contributed by atoms with Crippen LogP contribution in [0.25, 0.3) is 5.69 Å². The second-order valence-electron chi connectivity index (χ2n) is 11.3. The summed E-state index contributed by atoms with van der Waals surface area (Å²) in [5.41, 5.74) is 3.62. The third kappa shape index (κ3) is 7.38. The second-order valence-corrected chi connectivity index (χ2v) is 11.3. The van der Waals surface area contributed by atoms with Crippen molar-refractivity contribution in [1.82, 2.24) is 14.9 Å². The first-order chi connectivity index (χ1) is 17.5. The van der Waals surface area contributed by atoms with Gasteiger partial charge in [0.15, 0.2) is 0 Å². The summed E-state index contributed by atoms with van der Waals surface area (Å²) < 4.78 is 29.6. The van der Waals surface area contributed by atoms with Crippen molar-refractivity contribution in [2.45, 2.75) is 71.6 Å². The molecule has 0 bridgehead atoms. The fourth-order valence-electron chi connectivity index (χ4n) is 4.83. The molecule has 6 nitrogen and oxygen atoms in total. The van der Waals surface area contributed by atoms with Crippen molar-refractivity contribution in [3.8, 4) is 5.69 Å². The zero-order valence-corrected chi connectivity index (χ0v) is 21.9. The topological polar surface area (TPSA) is 70.4 Å². The minimum atomic E-state index is -0.974. The summed E-state index contributed by atoms with van der Waals surface area (Å²) in [6.07, 6.45) is 7.40. The first kappa shape index (κ1) is 26.8. The van der Waals surface area contributed by atoms with Crippen molar-refractivity contribution in [3.05, 3.63) is 77.9 Å². The van der Waals surface area contributed by atoms with Crippen LogP contribution in [0.15, 0.2) is 55.1 Å². The van der Waals surface area contributed by atoms with Gasteiger partial charge in [-0.25, -0.2) is 13.8 Å². The van der Waals surface area contributed by atoms with Crippen molar-refractivity contribution >= 4 is 11.6 Å². The lowest BCUT2D eigenvalue weighted by molar-refractivity contribution is -0.120. The highest BCUT2D eigenvalue weighted by molar-refractivity contribution is 5.73. The van der Waals surface area contributed by atoms with Gasteiger partial charge in [0.25, 0.3) is 0 Å². The molecule has 8 heteroatoms. The number of carbonyl (C=O) groups is 1. The Labute approximate surface area is 217 Å². The van der Waals surface area contributed by atoms with Gasteiger partial charge in [-0.1, -0.05) is 26.8 Å². The molecule has 0 spiro atoms. The number of benzene rings is 2. The molecule has 2 N–H and O–H groups in total. The number of aromatic nitrogens is 2. The summed E-state index contributed by atoms with van der Waals surface area (Å²) in [6, 6.07) is 9.21. The number of nitrogens with one attached hydrogen (secondary N) is 1. The van der Waals surface area contributed by atoms with Gasteiger partial charge in [-0.15, -0.1) is 0 Å². The average molecular weight is 511 g/mol. The minimum absolute atomic E-state index is 0.104. The number of halogens is 2. The molecular formula is C29H36F2N4O2. The maximum absolute atomic E-state index is 13.8. The molecule has 4 rings (SSSR count). The molecule has 1 aliphatic rings. The molecule has 2 aromatic carbocycles. The first-order valence-corrected chi connectivity index (χ1v) is 12.8. The molecule has 2 unspecified atom stereocenters.